The number of aromatic amines is 1. The van der Waals surface area contributed by atoms with Crippen LogP contribution >= 0.6 is 0 Å². The van der Waals surface area contributed by atoms with Gasteiger partial charge in [-0.3, -0.25) is 4.79 Å². The van der Waals surface area contributed by atoms with E-state index in [1.807, 2.05) is 13.0 Å². The number of amides is 1. The standard InChI is InChI=1S/C19H22N4O3/c1-2-26-16-11-12(19(25)21-10-4-9-20)7-8-13(16)18-22-14-5-3-6-15(24)17(14)23-18/h3,5-8,11,24H,2,4,9-10,20H2,1H3,(H,21,25)(H,22,23). The largest absolute Gasteiger partial charge is 0.506 e. The van der Waals surface area contributed by atoms with Crippen LogP contribution in [0.1, 0.15) is 23.7 Å². The quantitative estimate of drug-likeness (QED) is 0.487. The molecule has 0 saturated heterocycles. The van der Waals surface area contributed by atoms with Crippen molar-refractivity contribution in [2.24, 2.45) is 5.73 Å². The highest BCUT2D eigenvalue weighted by atomic mass is 16.5. The second-order valence-corrected chi connectivity index (χ2v) is 5.80. The predicted octanol–water partition coefficient (Wildman–Crippen LogP) is 2.41. The highest BCUT2D eigenvalue weighted by molar-refractivity contribution is 5.95. The fourth-order valence-electron chi connectivity index (χ4n) is 2.68. The molecule has 7 nitrogen and oxygen atoms in total. The number of fused-ring (bicyclic) bond motifs is 1. The number of ether oxygens (including phenoxy) is 1. The first-order valence-electron chi connectivity index (χ1n) is 8.57. The van der Waals surface area contributed by atoms with Crippen molar-refractivity contribution in [1.82, 2.24) is 15.3 Å². The molecular formula is C19H22N4O3. The maximum atomic E-state index is 12.2. The van der Waals surface area contributed by atoms with Crippen molar-refractivity contribution in [3.8, 4) is 22.9 Å². The van der Waals surface area contributed by atoms with Gasteiger partial charge in [0.2, 0.25) is 0 Å². The van der Waals surface area contributed by atoms with Crippen molar-refractivity contribution < 1.29 is 14.6 Å². The van der Waals surface area contributed by atoms with E-state index in [9.17, 15) is 9.90 Å². The van der Waals surface area contributed by atoms with E-state index >= 15 is 0 Å². The number of hydrogen-bond acceptors (Lipinski definition) is 5. The Bertz CT molecular complexity index is 920. The first-order chi connectivity index (χ1) is 12.6. The SMILES string of the molecule is CCOc1cc(C(=O)NCCCN)ccc1-c1nc2c(O)cccc2[nH]1. The van der Waals surface area contributed by atoms with Crippen LogP contribution in [0, 0.1) is 0 Å². The summed E-state index contributed by atoms with van der Waals surface area (Å²) in [7, 11) is 0. The number of hydrogen-bond donors (Lipinski definition) is 4. The lowest BCUT2D eigenvalue weighted by atomic mass is 10.1. The van der Waals surface area contributed by atoms with E-state index in [0.717, 1.165) is 17.5 Å². The number of carbonyl (C=O) groups excluding carboxylic acids is 1. The van der Waals surface area contributed by atoms with Gasteiger partial charge in [0.25, 0.3) is 5.91 Å². The topological polar surface area (TPSA) is 113 Å². The summed E-state index contributed by atoms with van der Waals surface area (Å²) in [5, 5.41) is 12.8. The van der Waals surface area contributed by atoms with Crippen LogP contribution in [0.3, 0.4) is 0 Å². The third-order valence-electron chi connectivity index (χ3n) is 3.96. The monoisotopic (exact) mass is 354 g/mol. The molecule has 3 rings (SSSR count). The van der Waals surface area contributed by atoms with Crippen molar-refractivity contribution in [1.29, 1.82) is 0 Å². The van der Waals surface area contributed by atoms with Crippen LogP contribution in [0.2, 0.25) is 0 Å². The molecule has 0 fully saturated rings. The van der Waals surface area contributed by atoms with Crippen molar-refractivity contribution in [3.63, 3.8) is 0 Å². The summed E-state index contributed by atoms with van der Waals surface area (Å²) in [6.45, 7) is 3.39. The van der Waals surface area contributed by atoms with Crippen molar-refractivity contribution in [2.45, 2.75) is 13.3 Å². The van der Waals surface area contributed by atoms with Crippen LogP contribution in [-0.4, -0.2) is 40.7 Å². The number of aromatic hydroxyl groups is 1. The number of aromatic nitrogens is 2. The molecule has 0 radical (unpaired) electrons. The van der Waals surface area contributed by atoms with Gasteiger partial charge in [0.1, 0.15) is 22.8 Å². The van der Waals surface area contributed by atoms with Crippen LogP contribution in [0.25, 0.3) is 22.4 Å². The molecule has 0 aliphatic carbocycles. The second kappa shape index (κ2) is 7.88. The van der Waals surface area contributed by atoms with E-state index in [2.05, 4.69) is 15.3 Å². The van der Waals surface area contributed by atoms with Gasteiger partial charge >= 0.3 is 0 Å². The molecule has 0 aliphatic heterocycles. The lowest BCUT2D eigenvalue weighted by Crippen LogP contribution is -2.25. The van der Waals surface area contributed by atoms with Crippen LogP contribution < -0.4 is 15.8 Å². The molecule has 1 amide bonds. The summed E-state index contributed by atoms with van der Waals surface area (Å²) < 4.78 is 5.71. The average molecular weight is 354 g/mol. The van der Waals surface area contributed by atoms with E-state index in [0.29, 0.717) is 42.4 Å². The Morgan fingerprint density at radius 3 is 2.92 bits per heavy atom. The summed E-state index contributed by atoms with van der Waals surface area (Å²) in [6, 6.07) is 10.4. The Labute approximate surface area is 151 Å². The number of nitrogens with two attached hydrogens (primary N) is 1. The van der Waals surface area contributed by atoms with Gasteiger partial charge in [-0.15, -0.1) is 0 Å². The molecule has 0 aliphatic rings. The number of phenolic OH excluding ortho intramolecular Hbond substituents is 1. The maximum Gasteiger partial charge on any atom is 0.251 e. The minimum absolute atomic E-state index is 0.110. The van der Waals surface area contributed by atoms with Gasteiger partial charge in [0, 0.05) is 12.1 Å². The number of para-hydroxylation sites is 1. The molecular weight excluding hydrogens is 332 g/mol. The second-order valence-electron chi connectivity index (χ2n) is 5.80. The highest BCUT2D eigenvalue weighted by Gasteiger charge is 2.15. The average Bonchev–Trinajstić information content (AvgIpc) is 3.07. The van der Waals surface area contributed by atoms with Gasteiger partial charge in [-0.25, -0.2) is 4.98 Å². The number of carbonyl (C=O) groups is 1. The number of phenols is 1. The summed E-state index contributed by atoms with van der Waals surface area (Å²) in [6.07, 6.45) is 0.727. The minimum atomic E-state index is -0.173. The molecule has 0 saturated carbocycles. The van der Waals surface area contributed by atoms with Gasteiger partial charge in [0.15, 0.2) is 0 Å². The molecule has 1 aromatic heterocycles. The fourth-order valence-corrected chi connectivity index (χ4v) is 2.68. The van der Waals surface area contributed by atoms with E-state index in [1.54, 1.807) is 30.3 Å². The molecule has 0 atom stereocenters. The first kappa shape index (κ1) is 17.8. The van der Waals surface area contributed by atoms with Gasteiger partial charge < -0.3 is 25.9 Å². The van der Waals surface area contributed by atoms with Crippen LogP contribution in [0.15, 0.2) is 36.4 Å². The zero-order valence-electron chi connectivity index (χ0n) is 14.6. The molecule has 3 aromatic rings. The molecule has 0 spiro atoms. The molecule has 26 heavy (non-hydrogen) atoms. The third-order valence-corrected chi connectivity index (χ3v) is 3.96. The number of nitrogens with zero attached hydrogens (tertiary/aromatic N) is 1. The van der Waals surface area contributed by atoms with Gasteiger partial charge in [-0.05, 0) is 50.2 Å². The number of rotatable bonds is 7. The minimum Gasteiger partial charge on any atom is -0.506 e. The molecule has 0 bridgehead atoms. The zero-order valence-corrected chi connectivity index (χ0v) is 14.6. The number of benzene rings is 2. The molecule has 0 unspecified atom stereocenters. The van der Waals surface area contributed by atoms with E-state index in [4.69, 9.17) is 10.5 Å². The van der Waals surface area contributed by atoms with Crippen molar-refractivity contribution in [2.75, 3.05) is 19.7 Å². The molecule has 7 heteroatoms. The first-order valence-corrected chi connectivity index (χ1v) is 8.57. The Kier molecular flexibility index (Phi) is 5.38. The van der Waals surface area contributed by atoms with Crippen LogP contribution in [-0.2, 0) is 0 Å². The summed E-state index contributed by atoms with van der Waals surface area (Å²) in [4.78, 5) is 19.9. The van der Waals surface area contributed by atoms with E-state index in [-0.39, 0.29) is 11.7 Å². The van der Waals surface area contributed by atoms with Crippen LogP contribution in [0.5, 0.6) is 11.5 Å². The highest BCUT2D eigenvalue weighted by Crippen LogP contribution is 2.32. The molecule has 1 heterocycles. The fraction of sp³-hybridized carbons (Fsp3) is 0.263. The Morgan fingerprint density at radius 2 is 2.19 bits per heavy atom. The molecule has 136 valence electrons. The normalized spacial score (nSPS) is 10.8. The van der Waals surface area contributed by atoms with Gasteiger partial charge in [-0.1, -0.05) is 6.07 Å². The number of H-pyrrole nitrogens is 1. The smallest absolute Gasteiger partial charge is 0.251 e. The lowest BCUT2D eigenvalue weighted by molar-refractivity contribution is 0.0953. The summed E-state index contributed by atoms with van der Waals surface area (Å²) in [5.74, 6) is 1.06. The van der Waals surface area contributed by atoms with Gasteiger partial charge in [-0.2, -0.15) is 0 Å². The summed E-state index contributed by atoms with van der Waals surface area (Å²) in [5.41, 5.74) is 7.90. The van der Waals surface area contributed by atoms with Crippen molar-refractivity contribution >= 4 is 16.9 Å². The predicted molar refractivity (Wildman–Crippen MR) is 100 cm³/mol. The maximum absolute atomic E-state index is 12.2. The number of nitrogens with one attached hydrogen (secondary N) is 2. The molecule has 2 aromatic carbocycles. The summed E-state index contributed by atoms with van der Waals surface area (Å²) >= 11 is 0. The van der Waals surface area contributed by atoms with Crippen molar-refractivity contribution in [3.05, 3.63) is 42.0 Å². The Balaban J connectivity index is 1.95. The Hall–Kier alpha value is -3.06. The third kappa shape index (κ3) is 3.62. The lowest BCUT2D eigenvalue weighted by Gasteiger charge is -2.11. The molecule has 5 N–H and O–H groups in total. The van der Waals surface area contributed by atoms with Gasteiger partial charge in [0.05, 0.1) is 17.7 Å². The Morgan fingerprint density at radius 1 is 1.35 bits per heavy atom. The van der Waals surface area contributed by atoms with E-state index in [1.165, 1.54) is 0 Å². The zero-order chi connectivity index (χ0) is 18.5. The van der Waals surface area contributed by atoms with Crippen LogP contribution in [0.4, 0.5) is 0 Å². The number of imidazole rings is 1. The van der Waals surface area contributed by atoms with E-state index < -0.39 is 0 Å².